The molecule has 0 aliphatic carbocycles. The summed E-state index contributed by atoms with van der Waals surface area (Å²) in [5.74, 6) is 0.598. The van der Waals surface area contributed by atoms with E-state index in [0.717, 1.165) is 38.0 Å². The van der Waals surface area contributed by atoms with Crippen LogP contribution in [0.1, 0.15) is 45.2 Å². The molecule has 182 valence electrons. The van der Waals surface area contributed by atoms with Gasteiger partial charge >= 0.3 is 0 Å². The first-order valence-corrected chi connectivity index (χ1v) is 12.1. The van der Waals surface area contributed by atoms with Crippen molar-refractivity contribution in [2.24, 2.45) is 0 Å². The highest BCUT2D eigenvalue weighted by Gasteiger charge is 2.19. The third-order valence-electron chi connectivity index (χ3n) is 5.90. The third-order valence-corrected chi connectivity index (χ3v) is 5.90. The number of aryl methyl sites for hydroxylation is 1. The molecule has 2 aromatic carbocycles. The number of pyridine rings is 1. The van der Waals surface area contributed by atoms with E-state index in [1.165, 1.54) is 6.07 Å². The molecular weight excluding hydrogens is 437 g/mol. The molecule has 3 aromatic rings. The minimum absolute atomic E-state index is 0.0169. The van der Waals surface area contributed by atoms with Gasteiger partial charge in [-0.2, -0.15) is 0 Å². The molecule has 7 heteroatoms. The van der Waals surface area contributed by atoms with Gasteiger partial charge in [-0.1, -0.05) is 26.0 Å². The van der Waals surface area contributed by atoms with E-state index in [1.807, 2.05) is 38.1 Å². The Kier molecular flexibility index (Phi) is 8.19. The van der Waals surface area contributed by atoms with Crippen LogP contribution < -0.4 is 14.9 Å². The quantitative estimate of drug-likeness (QED) is 0.391. The second kappa shape index (κ2) is 11.5. The fraction of sp³-hybridized carbons (Fsp3) is 0.444. The molecule has 6 nitrogen and oxygen atoms in total. The maximum absolute atomic E-state index is 14.7. The second-order valence-electron chi connectivity index (χ2n) is 8.34. The van der Waals surface area contributed by atoms with Crippen molar-refractivity contribution in [3.63, 3.8) is 0 Å². The number of benzene rings is 2. The zero-order valence-electron chi connectivity index (χ0n) is 19.8. The summed E-state index contributed by atoms with van der Waals surface area (Å²) in [4.78, 5) is 16.7. The van der Waals surface area contributed by atoms with E-state index in [0.29, 0.717) is 54.4 Å². The first-order valence-electron chi connectivity index (χ1n) is 12.1. The topological polar surface area (TPSA) is 69.8 Å². The lowest BCUT2D eigenvalue weighted by Crippen LogP contribution is -2.24. The van der Waals surface area contributed by atoms with Crippen LogP contribution in [0.4, 0.5) is 4.39 Å². The fourth-order valence-corrected chi connectivity index (χ4v) is 4.18. The van der Waals surface area contributed by atoms with Gasteiger partial charge in [0.25, 0.3) is 0 Å². The van der Waals surface area contributed by atoms with E-state index in [-0.39, 0.29) is 17.1 Å². The van der Waals surface area contributed by atoms with Crippen molar-refractivity contribution in [1.29, 1.82) is 0 Å². The van der Waals surface area contributed by atoms with Gasteiger partial charge in [-0.15, -0.1) is 0 Å². The maximum Gasteiger partial charge on any atom is 0.200 e. The van der Waals surface area contributed by atoms with Crippen LogP contribution in [0, 0.1) is 5.82 Å². The molecule has 1 saturated heterocycles. The van der Waals surface area contributed by atoms with Crippen LogP contribution in [0.5, 0.6) is 11.5 Å². The molecule has 0 radical (unpaired) electrons. The molecule has 0 spiro atoms. The average molecular weight is 470 g/mol. The molecular formula is C27H32FNO5. The van der Waals surface area contributed by atoms with E-state index in [9.17, 15) is 9.18 Å². The van der Waals surface area contributed by atoms with Gasteiger partial charge in [0.2, 0.25) is 5.43 Å². The molecule has 1 atom stereocenters. The largest absolute Gasteiger partial charge is 0.491 e. The van der Waals surface area contributed by atoms with Gasteiger partial charge in [0, 0.05) is 17.9 Å². The molecule has 4 rings (SSSR count). The van der Waals surface area contributed by atoms with Gasteiger partial charge < -0.3 is 23.9 Å². The van der Waals surface area contributed by atoms with E-state index in [2.05, 4.69) is 4.98 Å². The van der Waals surface area contributed by atoms with Crippen molar-refractivity contribution in [3.8, 4) is 22.6 Å². The highest BCUT2D eigenvalue weighted by Crippen LogP contribution is 2.30. The minimum atomic E-state index is -0.564. The number of ether oxygens (including phenoxy) is 4. The average Bonchev–Trinajstić information content (AvgIpc) is 2.87. The maximum atomic E-state index is 14.7. The summed E-state index contributed by atoms with van der Waals surface area (Å²) < 4.78 is 37.5. The SMILES string of the molecule is CCCOc1ccc(F)c2c(=O)c(-c3ccc(OCCOC4CCCCO4)cc3)c(CC)[nH]c12. The van der Waals surface area contributed by atoms with Gasteiger partial charge in [0.1, 0.15) is 23.9 Å². The summed E-state index contributed by atoms with van der Waals surface area (Å²) in [5, 5.41) is 0.0169. The number of halogens is 1. The van der Waals surface area contributed by atoms with Crippen molar-refractivity contribution < 1.29 is 23.3 Å². The third kappa shape index (κ3) is 5.42. The molecule has 0 bridgehead atoms. The van der Waals surface area contributed by atoms with E-state index in [4.69, 9.17) is 18.9 Å². The van der Waals surface area contributed by atoms with Gasteiger partial charge in [-0.05, 0) is 61.9 Å². The fourth-order valence-electron chi connectivity index (χ4n) is 4.18. The lowest BCUT2D eigenvalue weighted by molar-refractivity contribution is -0.165. The summed E-state index contributed by atoms with van der Waals surface area (Å²) in [7, 11) is 0. The van der Waals surface area contributed by atoms with Crippen molar-refractivity contribution in [2.75, 3.05) is 26.4 Å². The van der Waals surface area contributed by atoms with E-state index < -0.39 is 5.82 Å². The number of H-pyrrole nitrogens is 1. The van der Waals surface area contributed by atoms with Crippen LogP contribution in [0.3, 0.4) is 0 Å². The summed E-state index contributed by atoms with van der Waals surface area (Å²) in [6, 6.07) is 10.1. The summed E-state index contributed by atoms with van der Waals surface area (Å²) >= 11 is 0. The highest BCUT2D eigenvalue weighted by atomic mass is 19.1. The molecule has 1 aliphatic rings. The second-order valence-corrected chi connectivity index (χ2v) is 8.34. The molecule has 1 fully saturated rings. The molecule has 1 unspecified atom stereocenters. The standard InChI is InChI=1S/C27H32FNO5/c1-3-14-32-22-13-12-20(28)25-26(22)29-21(4-2)24(27(25)30)18-8-10-19(11-9-18)31-16-17-34-23-7-5-6-15-33-23/h8-13,23H,3-7,14-17H2,1-2H3,(H,29,30). The first-order chi connectivity index (χ1) is 16.6. The molecule has 1 N–H and O–H groups in total. The molecule has 0 amide bonds. The monoisotopic (exact) mass is 469 g/mol. The number of hydrogen-bond acceptors (Lipinski definition) is 5. The van der Waals surface area contributed by atoms with Crippen LogP contribution in [0.25, 0.3) is 22.0 Å². The Labute approximate surface area is 199 Å². The molecule has 0 saturated carbocycles. The smallest absolute Gasteiger partial charge is 0.200 e. The Morgan fingerprint density at radius 1 is 1.03 bits per heavy atom. The normalized spacial score (nSPS) is 16.0. The number of hydrogen-bond donors (Lipinski definition) is 1. The Balaban J connectivity index is 1.53. The van der Waals surface area contributed by atoms with Crippen LogP contribution in [-0.4, -0.2) is 37.7 Å². The number of aromatic nitrogens is 1. The zero-order chi connectivity index (χ0) is 23.9. The minimum Gasteiger partial charge on any atom is -0.491 e. The summed E-state index contributed by atoms with van der Waals surface area (Å²) in [6.45, 7) is 6.04. The van der Waals surface area contributed by atoms with Gasteiger partial charge in [-0.3, -0.25) is 4.79 Å². The Morgan fingerprint density at radius 2 is 1.85 bits per heavy atom. The number of fused-ring (bicyclic) bond motifs is 1. The van der Waals surface area contributed by atoms with Gasteiger partial charge in [0.05, 0.1) is 24.1 Å². The van der Waals surface area contributed by atoms with Crippen LogP contribution in [0.15, 0.2) is 41.2 Å². The van der Waals surface area contributed by atoms with Gasteiger partial charge in [-0.25, -0.2) is 4.39 Å². The zero-order valence-corrected chi connectivity index (χ0v) is 19.8. The number of rotatable bonds is 10. The van der Waals surface area contributed by atoms with Crippen molar-refractivity contribution >= 4 is 10.9 Å². The van der Waals surface area contributed by atoms with Gasteiger partial charge in [0.15, 0.2) is 6.29 Å². The first kappa shape index (κ1) is 24.2. The lowest BCUT2D eigenvalue weighted by Gasteiger charge is -2.22. The highest BCUT2D eigenvalue weighted by molar-refractivity contribution is 5.89. The van der Waals surface area contributed by atoms with E-state index in [1.54, 1.807) is 6.07 Å². The number of nitrogens with one attached hydrogen (secondary N) is 1. The molecule has 34 heavy (non-hydrogen) atoms. The predicted octanol–water partition coefficient (Wildman–Crippen LogP) is 5.61. The molecule has 1 aliphatic heterocycles. The lowest BCUT2D eigenvalue weighted by atomic mass is 9.99. The van der Waals surface area contributed by atoms with E-state index >= 15 is 0 Å². The molecule has 2 heterocycles. The molecule has 1 aromatic heterocycles. The van der Waals surface area contributed by atoms with Crippen LogP contribution >= 0.6 is 0 Å². The summed E-state index contributed by atoms with van der Waals surface area (Å²) in [6.07, 6.45) is 4.39. The number of aromatic amines is 1. The summed E-state index contributed by atoms with van der Waals surface area (Å²) in [5.41, 5.74) is 1.96. The van der Waals surface area contributed by atoms with Crippen LogP contribution in [-0.2, 0) is 15.9 Å². The van der Waals surface area contributed by atoms with Crippen LogP contribution in [0.2, 0.25) is 0 Å². The Bertz CT molecular complexity index is 1150. The predicted molar refractivity (Wildman–Crippen MR) is 130 cm³/mol. The Morgan fingerprint density at radius 3 is 2.56 bits per heavy atom. The van der Waals surface area contributed by atoms with Crippen molar-refractivity contribution in [1.82, 2.24) is 4.98 Å². The van der Waals surface area contributed by atoms with Crippen molar-refractivity contribution in [3.05, 3.63) is 58.1 Å². The van der Waals surface area contributed by atoms with Crippen molar-refractivity contribution in [2.45, 2.75) is 52.2 Å². The Hall–Kier alpha value is -2.90.